The molecule has 0 saturated carbocycles. The number of carbonyl (C=O) groups is 1. The van der Waals surface area contributed by atoms with Gasteiger partial charge in [0.15, 0.2) is 5.17 Å². The van der Waals surface area contributed by atoms with E-state index in [9.17, 15) is 9.18 Å². The van der Waals surface area contributed by atoms with Gasteiger partial charge in [0.1, 0.15) is 17.7 Å². The number of carbonyl (C=O) groups excluding carboxylic acids is 1. The molecule has 4 nitrogen and oxygen atoms in total. The van der Waals surface area contributed by atoms with E-state index >= 15 is 0 Å². The van der Waals surface area contributed by atoms with Gasteiger partial charge in [0.05, 0.1) is 5.69 Å². The highest BCUT2D eigenvalue weighted by atomic mass is 32.2. The highest BCUT2D eigenvalue weighted by molar-refractivity contribution is 8.13. The molecule has 138 valence electrons. The summed E-state index contributed by atoms with van der Waals surface area (Å²) in [6, 6.07) is 14.0. The zero-order valence-corrected chi connectivity index (χ0v) is 16.0. The minimum atomic E-state index is -0.384. The van der Waals surface area contributed by atoms with E-state index in [4.69, 9.17) is 4.99 Å². The molecule has 2 aliphatic rings. The zero-order valence-electron chi connectivity index (χ0n) is 15.2. The molecule has 0 radical (unpaired) electrons. The fourth-order valence-electron chi connectivity index (χ4n) is 3.26. The maximum absolute atomic E-state index is 14.0. The van der Waals surface area contributed by atoms with Crippen LogP contribution in [0.2, 0.25) is 0 Å². The number of thioether (sulfide) groups is 1. The fraction of sp³-hybridized carbons (Fsp3) is 0.286. The van der Waals surface area contributed by atoms with Gasteiger partial charge in [-0.2, -0.15) is 0 Å². The van der Waals surface area contributed by atoms with E-state index in [1.807, 2.05) is 30.3 Å². The molecule has 2 aliphatic heterocycles. The van der Waals surface area contributed by atoms with Crippen LogP contribution in [0.5, 0.6) is 0 Å². The fourth-order valence-corrected chi connectivity index (χ4v) is 4.24. The van der Waals surface area contributed by atoms with Crippen LogP contribution in [-0.2, 0) is 10.5 Å². The number of halogens is 1. The highest BCUT2D eigenvalue weighted by Crippen LogP contribution is 2.35. The van der Waals surface area contributed by atoms with E-state index in [2.05, 4.69) is 18.8 Å². The first-order chi connectivity index (χ1) is 13.0. The third-order valence-corrected chi connectivity index (χ3v) is 5.54. The average molecular weight is 381 g/mol. The molecular formula is C21H20FN3OS. The Kier molecular flexibility index (Phi) is 4.83. The molecule has 27 heavy (non-hydrogen) atoms. The van der Waals surface area contributed by atoms with Gasteiger partial charge in [0.2, 0.25) is 0 Å². The predicted octanol–water partition coefficient (Wildman–Crippen LogP) is 4.76. The summed E-state index contributed by atoms with van der Waals surface area (Å²) >= 11 is 1.36. The summed E-state index contributed by atoms with van der Waals surface area (Å²) in [6.07, 6.45) is 0.701. The molecule has 2 heterocycles. The first-order valence-corrected chi connectivity index (χ1v) is 9.99. The lowest BCUT2D eigenvalue weighted by Crippen LogP contribution is -2.41. The van der Waals surface area contributed by atoms with Gasteiger partial charge >= 0.3 is 0 Å². The molecule has 2 aromatic rings. The summed E-state index contributed by atoms with van der Waals surface area (Å²) in [4.78, 5) is 24.0. The third kappa shape index (κ3) is 3.41. The van der Waals surface area contributed by atoms with Crippen LogP contribution in [0.15, 0.2) is 58.5 Å². The Labute approximate surface area is 162 Å². The monoisotopic (exact) mass is 381 g/mol. The molecule has 1 unspecified atom stereocenters. The second-order valence-electron chi connectivity index (χ2n) is 7.06. The van der Waals surface area contributed by atoms with Crippen molar-refractivity contribution in [2.45, 2.75) is 32.1 Å². The summed E-state index contributed by atoms with van der Waals surface area (Å²) in [5, 5.41) is 0.562. The van der Waals surface area contributed by atoms with Crippen LogP contribution in [-0.4, -0.2) is 27.9 Å². The summed E-state index contributed by atoms with van der Waals surface area (Å²) in [7, 11) is 0. The molecular weight excluding hydrogens is 361 g/mol. The molecule has 6 heteroatoms. The summed E-state index contributed by atoms with van der Waals surface area (Å²) in [5.41, 5.74) is 2.25. The molecule has 4 rings (SSSR count). The number of rotatable bonds is 4. The van der Waals surface area contributed by atoms with E-state index in [0.29, 0.717) is 34.7 Å². The lowest BCUT2D eigenvalue weighted by molar-refractivity contribution is -0.124. The Bertz CT molecular complexity index is 954. The van der Waals surface area contributed by atoms with E-state index in [1.54, 1.807) is 17.0 Å². The molecule has 0 bridgehead atoms. The lowest BCUT2D eigenvalue weighted by Gasteiger charge is -2.25. The molecule has 1 amide bonds. The van der Waals surface area contributed by atoms with Crippen LogP contribution >= 0.6 is 11.8 Å². The number of aliphatic imine (C=N–C) groups is 2. The Morgan fingerprint density at radius 3 is 2.67 bits per heavy atom. The summed E-state index contributed by atoms with van der Waals surface area (Å²) in [6.45, 7) is 4.17. The van der Waals surface area contributed by atoms with Gasteiger partial charge in [0, 0.05) is 11.3 Å². The topological polar surface area (TPSA) is 45.0 Å². The molecule has 2 aromatic carbocycles. The van der Waals surface area contributed by atoms with Crippen molar-refractivity contribution < 1.29 is 9.18 Å². The Hall–Kier alpha value is -2.47. The Balaban J connectivity index is 1.68. The van der Waals surface area contributed by atoms with Crippen LogP contribution < -0.4 is 0 Å². The summed E-state index contributed by atoms with van der Waals surface area (Å²) < 4.78 is 14.0. The van der Waals surface area contributed by atoms with Crippen molar-refractivity contribution in [2.24, 2.45) is 15.9 Å². The van der Waals surface area contributed by atoms with Crippen LogP contribution in [0.4, 0.5) is 10.1 Å². The van der Waals surface area contributed by atoms with Crippen molar-refractivity contribution in [3.8, 4) is 0 Å². The standard InChI is InChI=1S/C21H20FN3OS/c1-13(2)11-18-20(26)25-19(23-18)15-8-4-6-10-17(15)24-21(25)27-12-14-7-3-5-9-16(14)22/h3-10,13,18H,11-12H2,1-2H3. The van der Waals surface area contributed by atoms with Crippen molar-refractivity contribution in [1.29, 1.82) is 0 Å². The lowest BCUT2D eigenvalue weighted by atomic mass is 10.0. The molecule has 0 saturated heterocycles. The van der Waals surface area contributed by atoms with Gasteiger partial charge in [0.25, 0.3) is 5.91 Å². The van der Waals surface area contributed by atoms with E-state index in [1.165, 1.54) is 17.8 Å². The molecule has 0 spiro atoms. The van der Waals surface area contributed by atoms with Gasteiger partial charge in [-0.3, -0.25) is 9.79 Å². The smallest absolute Gasteiger partial charge is 0.259 e. The van der Waals surface area contributed by atoms with Crippen LogP contribution in [0.3, 0.4) is 0 Å². The normalized spacial score (nSPS) is 18.3. The second-order valence-corrected chi connectivity index (χ2v) is 8.01. The Morgan fingerprint density at radius 2 is 1.89 bits per heavy atom. The van der Waals surface area contributed by atoms with Crippen LogP contribution in [0, 0.1) is 11.7 Å². The van der Waals surface area contributed by atoms with E-state index < -0.39 is 0 Å². The number of hydrogen-bond acceptors (Lipinski definition) is 4. The molecule has 0 N–H and O–H groups in total. The van der Waals surface area contributed by atoms with Crippen LogP contribution in [0.1, 0.15) is 31.4 Å². The third-order valence-electron chi connectivity index (χ3n) is 4.56. The molecule has 0 aromatic heterocycles. The first-order valence-electron chi connectivity index (χ1n) is 9.00. The summed E-state index contributed by atoms with van der Waals surface area (Å²) in [5.74, 6) is 1.13. The highest BCUT2D eigenvalue weighted by Gasteiger charge is 2.41. The SMILES string of the molecule is CC(C)CC1N=C2c3ccccc3N=C(SCc3ccccc3F)N2C1=O. The van der Waals surface area contributed by atoms with Gasteiger partial charge in [-0.05, 0) is 36.1 Å². The van der Waals surface area contributed by atoms with Gasteiger partial charge in [-0.1, -0.05) is 55.9 Å². The number of benzene rings is 2. The molecule has 0 fully saturated rings. The van der Waals surface area contributed by atoms with Crippen molar-refractivity contribution in [3.63, 3.8) is 0 Å². The molecule has 0 aliphatic carbocycles. The van der Waals surface area contributed by atoms with Gasteiger partial charge in [-0.15, -0.1) is 0 Å². The second kappa shape index (κ2) is 7.27. The van der Waals surface area contributed by atoms with E-state index in [0.717, 1.165) is 11.3 Å². The largest absolute Gasteiger partial charge is 0.271 e. The number of para-hydroxylation sites is 1. The zero-order chi connectivity index (χ0) is 19.0. The predicted molar refractivity (Wildman–Crippen MR) is 108 cm³/mol. The van der Waals surface area contributed by atoms with Crippen molar-refractivity contribution in [3.05, 3.63) is 65.5 Å². The number of nitrogens with zero attached hydrogens (tertiary/aromatic N) is 3. The van der Waals surface area contributed by atoms with Crippen molar-refractivity contribution >= 4 is 34.4 Å². The number of amidine groups is 2. The van der Waals surface area contributed by atoms with Gasteiger partial charge < -0.3 is 0 Å². The minimum Gasteiger partial charge on any atom is -0.271 e. The number of amides is 1. The number of hydrogen-bond donors (Lipinski definition) is 0. The minimum absolute atomic E-state index is 0.0482. The van der Waals surface area contributed by atoms with E-state index in [-0.39, 0.29) is 17.8 Å². The maximum atomic E-state index is 14.0. The maximum Gasteiger partial charge on any atom is 0.259 e. The van der Waals surface area contributed by atoms with Gasteiger partial charge in [-0.25, -0.2) is 14.3 Å². The molecule has 1 atom stereocenters. The number of fused-ring (bicyclic) bond motifs is 3. The first kappa shape index (κ1) is 17.9. The van der Waals surface area contributed by atoms with Crippen molar-refractivity contribution in [1.82, 2.24) is 4.90 Å². The quantitative estimate of drug-likeness (QED) is 0.766. The Morgan fingerprint density at radius 1 is 1.15 bits per heavy atom. The van der Waals surface area contributed by atoms with Crippen LogP contribution in [0.25, 0.3) is 0 Å². The average Bonchev–Trinajstić information content (AvgIpc) is 2.97. The van der Waals surface area contributed by atoms with Crippen molar-refractivity contribution in [2.75, 3.05) is 0 Å².